The number of aryl methyl sites for hydroxylation is 1. The van der Waals surface area contributed by atoms with Crippen molar-refractivity contribution in [2.75, 3.05) is 5.75 Å². The van der Waals surface area contributed by atoms with E-state index in [-0.39, 0.29) is 11.9 Å². The van der Waals surface area contributed by atoms with Crippen LogP contribution in [0.4, 0.5) is 4.39 Å². The van der Waals surface area contributed by atoms with E-state index in [4.69, 9.17) is 5.84 Å². The summed E-state index contributed by atoms with van der Waals surface area (Å²) in [6, 6.07) is 5.09. The van der Waals surface area contributed by atoms with Gasteiger partial charge in [0.05, 0.1) is 0 Å². The van der Waals surface area contributed by atoms with E-state index in [9.17, 15) is 4.39 Å². The summed E-state index contributed by atoms with van der Waals surface area (Å²) in [6.45, 7) is 6.31. The summed E-state index contributed by atoms with van der Waals surface area (Å²) < 4.78 is 13.2. The predicted octanol–water partition coefficient (Wildman–Crippen LogP) is 2.65. The highest BCUT2D eigenvalue weighted by Gasteiger charge is 2.11. The second-order valence-corrected chi connectivity index (χ2v) is 6.13. The fourth-order valence-electron chi connectivity index (χ4n) is 1.60. The van der Waals surface area contributed by atoms with E-state index in [0.717, 1.165) is 23.3 Å². The summed E-state index contributed by atoms with van der Waals surface area (Å²) in [4.78, 5) is 0. The maximum absolute atomic E-state index is 13.2. The molecule has 1 unspecified atom stereocenters. The third-order valence-electron chi connectivity index (χ3n) is 2.64. The quantitative estimate of drug-likeness (QED) is 0.607. The smallest absolute Gasteiger partial charge is 0.123 e. The Kier molecular flexibility index (Phi) is 5.95. The molecule has 0 heterocycles. The molecule has 0 bridgehead atoms. The van der Waals surface area contributed by atoms with Gasteiger partial charge in [-0.3, -0.25) is 11.3 Å². The van der Waals surface area contributed by atoms with Crippen molar-refractivity contribution in [1.29, 1.82) is 0 Å². The number of thioether (sulfide) groups is 1. The lowest BCUT2D eigenvalue weighted by Gasteiger charge is -2.18. The van der Waals surface area contributed by atoms with E-state index < -0.39 is 0 Å². The average molecular weight is 256 g/mol. The minimum Gasteiger partial charge on any atom is -0.271 e. The van der Waals surface area contributed by atoms with Gasteiger partial charge in [0.15, 0.2) is 0 Å². The van der Waals surface area contributed by atoms with Crippen LogP contribution in [-0.4, -0.2) is 17.0 Å². The Bertz CT molecular complexity index is 355. The second-order valence-electron chi connectivity index (χ2n) is 4.52. The largest absolute Gasteiger partial charge is 0.271 e. The number of halogens is 1. The van der Waals surface area contributed by atoms with Crippen molar-refractivity contribution >= 4 is 11.8 Å². The third kappa shape index (κ3) is 5.06. The van der Waals surface area contributed by atoms with Crippen molar-refractivity contribution < 1.29 is 4.39 Å². The van der Waals surface area contributed by atoms with Gasteiger partial charge < -0.3 is 0 Å². The molecule has 0 amide bonds. The molecule has 0 saturated heterocycles. The lowest BCUT2D eigenvalue weighted by atomic mass is 10.0. The van der Waals surface area contributed by atoms with Crippen LogP contribution < -0.4 is 11.3 Å². The van der Waals surface area contributed by atoms with Gasteiger partial charge in [-0.25, -0.2) is 4.39 Å². The topological polar surface area (TPSA) is 38.0 Å². The van der Waals surface area contributed by atoms with Crippen molar-refractivity contribution in [2.24, 2.45) is 5.84 Å². The predicted molar refractivity (Wildman–Crippen MR) is 73.5 cm³/mol. The van der Waals surface area contributed by atoms with E-state index in [0.29, 0.717) is 5.25 Å². The molecule has 0 spiro atoms. The fraction of sp³-hybridized carbons (Fsp3) is 0.538. The Hall–Kier alpha value is -0.580. The van der Waals surface area contributed by atoms with Crippen LogP contribution in [0, 0.1) is 12.7 Å². The van der Waals surface area contributed by atoms with Gasteiger partial charge in [-0.2, -0.15) is 11.8 Å². The number of nitrogens with two attached hydrogens (primary N) is 1. The molecule has 1 aromatic carbocycles. The summed E-state index contributed by atoms with van der Waals surface area (Å²) in [5.74, 6) is 6.29. The molecule has 96 valence electrons. The summed E-state index contributed by atoms with van der Waals surface area (Å²) in [5.41, 5.74) is 4.95. The molecule has 0 fully saturated rings. The first-order chi connectivity index (χ1) is 8.02. The molecule has 0 aromatic heterocycles. The molecule has 4 heteroatoms. The van der Waals surface area contributed by atoms with Gasteiger partial charge in [0.25, 0.3) is 0 Å². The van der Waals surface area contributed by atoms with Crippen molar-refractivity contribution in [1.82, 2.24) is 5.43 Å². The SMILES string of the molecule is Cc1ccc(F)cc1CC(CSC(C)C)NN. The number of rotatable bonds is 6. The molecule has 1 aromatic rings. The zero-order valence-electron chi connectivity index (χ0n) is 10.7. The summed E-state index contributed by atoms with van der Waals surface area (Å²) in [6.07, 6.45) is 0.764. The first-order valence-electron chi connectivity index (χ1n) is 5.85. The van der Waals surface area contributed by atoms with Crippen molar-refractivity contribution in [2.45, 2.75) is 38.5 Å². The van der Waals surface area contributed by atoms with Gasteiger partial charge in [-0.05, 0) is 41.9 Å². The molecule has 0 saturated carbocycles. The monoisotopic (exact) mass is 256 g/mol. The zero-order chi connectivity index (χ0) is 12.8. The van der Waals surface area contributed by atoms with Crippen molar-refractivity contribution in [3.05, 3.63) is 35.1 Å². The van der Waals surface area contributed by atoms with Crippen LogP contribution >= 0.6 is 11.8 Å². The number of hydrogen-bond donors (Lipinski definition) is 2. The molecule has 0 aliphatic carbocycles. The summed E-state index contributed by atoms with van der Waals surface area (Å²) in [7, 11) is 0. The molecule has 0 aliphatic heterocycles. The Balaban J connectivity index is 2.63. The number of hydrazine groups is 1. The van der Waals surface area contributed by atoms with Crippen LogP contribution in [0.15, 0.2) is 18.2 Å². The highest BCUT2D eigenvalue weighted by Crippen LogP contribution is 2.16. The molecule has 3 N–H and O–H groups in total. The Labute approximate surface area is 107 Å². The lowest BCUT2D eigenvalue weighted by molar-refractivity contribution is 0.568. The summed E-state index contributed by atoms with van der Waals surface area (Å²) in [5, 5.41) is 0.583. The van der Waals surface area contributed by atoms with Crippen LogP contribution in [0.3, 0.4) is 0 Å². The minimum absolute atomic E-state index is 0.183. The number of hydrogen-bond acceptors (Lipinski definition) is 3. The van der Waals surface area contributed by atoms with E-state index in [1.165, 1.54) is 6.07 Å². The molecule has 1 rings (SSSR count). The molecule has 1 atom stereocenters. The van der Waals surface area contributed by atoms with Crippen LogP contribution in [0.1, 0.15) is 25.0 Å². The first kappa shape index (κ1) is 14.5. The Morgan fingerprint density at radius 2 is 2.12 bits per heavy atom. The van der Waals surface area contributed by atoms with E-state index in [2.05, 4.69) is 19.3 Å². The van der Waals surface area contributed by atoms with E-state index >= 15 is 0 Å². The zero-order valence-corrected chi connectivity index (χ0v) is 11.5. The molecular formula is C13H21FN2S. The van der Waals surface area contributed by atoms with Crippen LogP contribution in [-0.2, 0) is 6.42 Å². The van der Waals surface area contributed by atoms with Crippen molar-refractivity contribution in [3.63, 3.8) is 0 Å². The molecular weight excluding hydrogens is 235 g/mol. The lowest BCUT2D eigenvalue weighted by Crippen LogP contribution is -2.39. The van der Waals surface area contributed by atoms with Gasteiger partial charge in [0.2, 0.25) is 0 Å². The highest BCUT2D eigenvalue weighted by atomic mass is 32.2. The highest BCUT2D eigenvalue weighted by molar-refractivity contribution is 7.99. The fourth-order valence-corrected chi connectivity index (χ4v) is 2.43. The first-order valence-corrected chi connectivity index (χ1v) is 6.90. The third-order valence-corrected chi connectivity index (χ3v) is 3.91. The minimum atomic E-state index is -0.183. The molecule has 0 radical (unpaired) electrons. The number of benzene rings is 1. The van der Waals surface area contributed by atoms with Crippen LogP contribution in [0.2, 0.25) is 0 Å². The average Bonchev–Trinajstić information content (AvgIpc) is 2.28. The normalized spacial score (nSPS) is 13.1. The Morgan fingerprint density at radius 1 is 1.41 bits per heavy atom. The standard InChI is InChI=1S/C13H21FN2S/c1-9(2)17-8-13(16-15)7-11-6-12(14)5-4-10(11)3/h4-6,9,13,16H,7-8,15H2,1-3H3. The van der Waals surface area contributed by atoms with Gasteiger partial charge >= 0.3 is 0 Å². The van der Waals surface area contributed by atoms with Crippen LogP contribution in [0.25, 0.3) is 0 Å². The van der Waals surface area contributed by atoms with Crippen LogP contribution in [0.5, 0.6) is 0 Å². The van der Waals surface area contributed by atoms with Crippen molar-refractivity contribution in [3.8, 4) is 0 Å². The van der Waals surface area contributed by atoms with Gasteiger partial charge in [-0.15, -0.1) is 0 Å². The van der Waals surface area contributed by atoms with Gasteiger partial charge in [0.1, 0.15) is 5.82 Å². The molecule has 0 aliphatic rings. The van der Waals surface area contributed by atoms with Gasteiger partial charge in [0, 0.05) is 11.8 Å². The number of nitrogens with one attached hydrogen (secondary N) is 1. The second kappa shape index (κ2) is 6.99. The maximum atomic E-state index is 13.2. The Morgan fingerprint density at radius 3 is 2.71 bits per heavy atom. The van der Waals surface area contributed by atoms with E-state index in [1.807, 2.05) is 24.8 Å². The molecule has 17 heavy (non-hydrogen) atoms. The van der Waals surface area contributed by atoms with Gasteiger partial charge in [-0.1, -0.05) is 19.9 Å². The molecule has 2 nitrogen and oxygen atoms in total. The maximum Gasteiger partial charge on any atom is 0.123 e. The summed E-state index contributed by atoms with van der Waals surface area (Å²) >= 11 is 1.86. The van der Waals surface area contributed by atoms with E-state index in [1.54, 1.807) is 6.07 Å².